The van der Waals surface area contributed by atoms with Gasteiger partial charge in [-0.25, -0.2) is 10.4 Å². The van der Waals surface area contributed by atoms with Gasteiger partial charge >= 0.3 is 0 Å². The van der Waals surface area contributed by atoms with Crippen LogP contribution in [0, 0.1) is 0 Å². The van der Waals surface area contributed by atoms with Crippen LogP contribution in [0.4, 0.5) is 11.4 Å². The van der Waals surface area contributed by atoms with Gasteiger partial charge in [-0.1, -0.05) is 64.8 Å². The molecular formula is C36H37N9O6. The van der Waals surface area contributed by atoms with E-state index in [-0.39, 0.29) is 24.6 Å². The van der Waals surface area contributed by atoms with Crippen LogP contribution in [0.3, 0.4) is 0 Å². The molecule has 5 rings (SSSR count). The minimum absolute atomic E-state index is 0.0134. The molecule has 0 saturated heterocycles. The Balaban J connectivity index is 1.54. The average molecular weight is 692 g/mol. The van der Waals surface area contributed by atoms with E-state index in [1.807, 2.05) is 18.2 Å². The molecule has 3 N–H and O–H groups in total. The molecule has 4 aromatic rings. The van der Waals surface area contributed by atoms with Crippen molar-refractivity contribution in [2.24, 2.45) is 15.2 Å². The van der Waals surface area contributed by atoms with E-state index < -0.39 is 17.6 Å². The summed E-state index contributed by atoms with van der Waals surface area (Å²) < 4.78 is 23.0. The monoisotopic (exact) mass is 691 g/mol. The van der Waals surface area contributed by atoms with E-state index in [1.165, 1.54) is 0 Å². The predicted molar refractivity (Wildman–Crippen MR) is 190 cm³/mol. The molecule has 0 aliphatic carbocycles. The lowest BCUT2D eigenvalue weighted by molar-refractivity contribution is -0.130. The van der Waals surface area contributed by atoms with Gasteiger partial charge in [0.1, 0.15) is 5.75 Å². The number of amides is 1. The van der Waals surface area contributed by atoms with Crippen molar-refractivity contribution in [3.05, 3.63) is 134 Å². The van der Waals surface area contributed by atoms with Crippen LogP contribution >= 0.6 is 0 Å². The molecule has 0 radical (unpaired) electrons. The Morgan fingerprint density at radius 2 is 1.65 bits per heavy atom. The molecule has 2 atom stereocenters. The summed E-state index contributed by atoms with van der Waals surface area (Å²) in [5.41, 5.74) is 26.0. The fourth-order valence-electron chi connectivity index (χ4n) is 5.70. The molecule has 4 aromatic carbocycles. The van der Waals surface area contributed by atoms with Gasteiger partial charge in [0, 0.05) is 58.3 Å². The summed E-state index contributed by atoms with van der Waals surface area (Å²) in [5, 5.41) is 16.9. The molecule has 0 unspecified atom stereocenters. The number of carbonyl (C=O) groups excluding carboxylic acids is 1. The normalized spacial score (nSPS) is 16.1. The van der Waals surface area contributed by atoms with Crippen molar-refractivity contribution in [1.29, 1.82) is 0 Å². The van der Waals surface area contributed by atoms with Crippen molar-refractivity contribution < 1.29 is 28.8 Å². The van der Waals surface area contributed by atoms with Crippen molar-refractivity contribution in [2.75, 3.05) is 34.0 Å². The molecule has 1 amide bonds. The molecule has 15 heteroatoms. The fourth-order valence-corrected chi connectivity index (χ4v) is 5.70. The Bertz CT molecular complexity index is 1960. The smallest absolute Gasteiger partial charge is 0.266 e. The van der Waals surface area contributed by atoms with Crippen molar-refractivity contribution in [2.45, 2.75) is 30.9 Å². The Kier molecular flexibility index (Phi) is 12.3. The molecule has 1 heterocycles. The number of aliphatic imine (C=N–C) groups is 1. The predicted octanol–water partition coefficient (Wildman–Crippen LogP) is 6.71. The van der Waals surface area contributed by atoms with E-state index in [2.05, 4.69) is 30.9 Å². The number of aliphatic hydroxyl groups excluding tert-OH is 1. The highest BCUT2D eigenvalue weighted by Gasteiger charge is 2.54. The van der Waals surface area contributed by atoms with Gasteiger partial charge < -0.3 is 24.1 Å². The fraction of sp³-hybridized carbons (Fsp3) is 0.278. The van der Waals surface area contributed by atoms with Crippen molar-refractivity contribution in [1.82, 2.24) is 10.9 Å². The molecule has 0 aromatic heterocycles. The molecule has 0 fully saturated rings. The quantitative estimate of drug-likeness (QED) is 0.0358. The van der Waals surface area contributed by atoms with Crippen LogP contribution in [-0.4, -0.2) is 56.4 Å². The van der Waals surface area contributed by atoms with E-state index >= 15 is 0 Å². The lowest BCUT2D eigenvalue weighted by Gasteiger charge is -2.31. The van der Waals surface area contributed by atoms with Gasteiger partial charge in [0.25, 0.3) is 5.91 Å². The van der Waals surface area contributed by atoms with Crippen LogP contribution in [0.1, 0.15) is 34.8 Å². The number of azide groups is 2. The zero-order chi connectivity index (χ0) is 36.1. The van der Waals surface area contributed by atoms with E-state index in [9.17, 15) is 15.9 Å². The van der Waals surface area contributed by atoms with Crippen molar-refractivity contribution >= 4 is 23.2 Å². The minimum Gasteiger partial charge on any atom is -0.494 e. The largest absolute Gasteiger partial charge is 0.494 e. The Morgan fingerprint density at radius 3 is 2.37 bits per heavy atom. The number of benzene rings is 4. The molecule has 0 spiro atoms. The maximum Gasteiger partial charge on any atom is 0.266 e. The minimum atomic E-state index is -1.69. The first-order valence-corrected chi connectivity index (χ1v) is 16.1. The Morgan fingerprint density at radius 1 is 0.941 bits per heavy atom. The van der Waals surface area contributed by atoms with Crippen molar-refractivity contribution in [3.8, 4) is 17.2 Å². The molecule has 262 valence electrons. The highest BCUT2D eigenvalue weighted by Crippen LogP contribution is 2.46. The SMILES string of the molecule is COc1ccc(CCNNC(=O)[C@@]2(Cc3ccccc3N=[N+]=[N-])N=C(c3ccc(OCCCO)cc3)O[C@H]2c2ccccc2N=[N+]=[N-])cc1OC. The summed E-state index contributed by atoms with van der Waals surface area (Å²) >= 11 is 0. The van der Waals surface area contributed by atoms with Gasteiger partial charge in [-0.15, -0.1) is 0 Å². The number of hydrazine groups is 1. The van der Waals surface area contributed by atoms with E-state index in [0.29, 0.717) is 65.6 Å². The van der Waals surface area contributed by atoms with Crippen LogP contribution in [0.15, 0.2) is 106 Å². The standard InChI is InChI=1S/C36H37N9O6/c1-48-31-17-12-24(22-32(31)49-2)18-19-39-43-35(47)36(23-26-8-3-5-10-29(26)41-44-37)33(28-9-4-6-11-30(28)42-45-38)51-34(40-36)25-13-15-27(16-14-25)50-21-7-20-46/h3-6,8-17,22,33,39,46H,7,18-21,23H2,1-2H3,(H,43,47)/t33-,36-/m0/s1. The Labute approximate surface area is 294 Å². The van der Waals surface area contributed by atoms with Gasteiger partial charge in [0.05, 0.1) is 20.8 Å². The second kappa shape index (κ2) is 17.4. The number of nitrogens with one attached hydrogen (secondary N) is 2. The number of methoxy groups -OCH3 is 2. The molecule has 0 bridgehead atoms. The summed E-state index contributed by atoms with van der Waals surface area (Å²) in [6.45, 7) is 0.708. The summed E-state index contributed by atoms with van der Waals surface area (Å²) in [7, 11) is 3.13. The van der Waals surface area contributed by atoms with Gasteiger partial charge in [0.2, 0.25) is 5.90 Å². The summed E-state index contributed by atoms with van der Waals surface area (Å²) in [6.07, 6.45) is -0.108. The lowest BCUT2D eigenvalue weighted by atomic mass is 9.81. The highest BCUT2D eigenvalue weighted by atomic mass is 16.5. The van der Waals surface area contributed by atoms with Crippen LogP contribution < -0.4 is 25.1 Å². The van der Waals surface area contributed by atoms with Crippen LogP contribution in [0.5, 0.6) is 17.2 Å². The van der Waals surface area contributed by atoms with Crippen LogP contribution in [0.2, 0.25) is 0 Å². The second-order valence-electron chi connectivity index (χ2n) is 11.4. The zero-order valence-electron chi connectivity index (χ0n) is 28.1. The van der Waals surface area contributed by atoms with E-state index in [4.69, 9.17) is 29.0 Å². The molecule has 1 aliphatic heterocycles. The summed E-state index contributed by atoms with van der Waals surface area (Å²) in [6, 6.07) is 26.3. The van der Waals surface area contributed by atoms with Gasteiger partial charge in [-0.05, 0) is 65.0 Å². The first-order valence-electron chi connectivity index (χ1n) is 16.1. The third-order valence-electron chi connectivity index (χ3n) is 8.19. The molecule has 1 aliphatic rings. The van der Waals surface area contributed by atoms with Crippen LogP contribution in [-0.2, 0) is 22.4 Å². The summed E-state index contributed by atoms with van der Waals surface area (Å²) in [5.74, 6) is 1.41. The highest BCUT2D eigenvalue weighted by molar-refractivity contribution is 6.01. The lowest BCUT2D eigenvalue weighted by Crippen LogP contribution is -2.54. The van der Waals surface area contributed by atoms with E-state index in [0.717, 1.165) is 5.56 Å². The molecule has 51 heavy (non-hydrogen) atoms. The number of hydrogen-bond donors (Lipinski definition) is 3. The number of ether oxygens (including phenoxy) is 4. The number of carbonyl (C=O) groups is 1. The first kappa shape index (κ1) is 36.1. The molecule has 0 saturated carbocycles. The van der Waals surface area contributed by atoms with Gasteiger partial charge in [0.15, 0.2) is 23.1 Å². The number of aliphatic hydroxyl groups is 1. The van der Waals surface area contributed by atoms with Gasteiger partial charge in [-0.3, -0.25) is 10.2 Å². The number of nitrogens with zero attached hydrogens (tertiary/aromatic N) is 7. The third kappa shape index (κ3) is 8.50. The topological polar surface area (TPSA) is 208 Å². The summed E-state index contributed by atoms with van der Waals surface area (Å²) in [4.78, 5) is 25.6. The van der Waals surface area contributed by atoms with Gasteiger partial charge in [-0.2, -0.15) is 0 Å². The zero-order valence-corrected chi connectivity index (χ0v) is 28.1. The number of rotatable bonds is 17. The number of hydrogen-bond acceptors (Lipinski definition) is 10. The third-order valence-corrected chi connectivity index (χ3v) is 8.19. The maximum atomic E-state index is 14.6. The van der Waals surface area contributed by atoms with Crippen LogP contribution in [0.25, 0.3) is 20.9 Å². The van der Waals surface area contributed by atoms with Crippen molar-refractivity contribution in [3.63, 3.8) is 0 Å². The molecular weight excluding hydrogens is 654 g/mol. The molecule has 15 nitrogen and oxygen atoms in total. The average Bonchev–Trinajstić information content (AvgIpc) is 3.55. The first-order chi connectivity index (χ1) is 25.0. The Hall–Kier alpha value is -6.24. The van der Waals surface area contributed by atoms with E-state index in [1.54, 1.807) is 87.0 Å². The second-order valence-corrected chi connectivity index (χ2v) is 11.4. The maximum absolute atomic E-state index is 14.6.